The van der Waals surface area contributed by atoms with E-state index >= 15 is 0 Å². The number of benzene rings is 3. The van der Waals surface area contributed by atoms with Crippen LogP contribution in [0, 0.1) is 0 Å². The number of ether oxygens (including phenoxy) is 1. The first-order valence-electron chi connectivity index (χ1n) is 9.37. The summed E-state index contributed by atoms with van der Waals surface area (Å²) in [4.78, 5) is 12.4. The zero-order valence-electron chi connectivity index (χ0n) is 16.4. The van der Waals surface area contributed by atoms with Gasteiger partial charge in [0.05, 0.1) is 12.9 Å². The van der Waals surface area contributed by atoms with Gasteiger partial charge in [-0.1, -0.05) is 60.3 Å². The third-order valence-corrected chi connectivity index (χ3v) is 5.31. The van der Waals surface area contributed by atoms with Gasteiger partial charge in [-0.05, 0) is 36.4 Å². The molecular formula is C23H20N4O2S. The second kappa shape index (κ2) is 9.28. The lowest BCUT2D eigenvalue weighted by molar-refractivity contribution is -0.113. The number of carbonyl (C=O) groups excluding carboxylic acids is 1. The van der Waals surface area contributed by atoms with Crippen LogP contribution in [0.1, 0.15) is 0 Å². The molecule has 0 saturated heterocycles. The Kier molecular flexibility index (Phi) is 6.10. The number of carbonyl (C=O) groups is 1. The van der Waals surface area contributed by atoms with Crippen LogP contribution in [-0.2, 0) is 4.79 Å². The second-order valence-corrected chi connectivity index (χ2v) is 7.35. The Labute approximate surface area is 178 Å². The van der Waals surface area contributed by atoms with Gasteiger partial charge in [0.15, 0.2) is 11.0 Å². The molecule has 0 unspecified atom stereocenters. The molecule has 0 saturated carbocycles. The normalized spacial score (nSPS) is 10.6. The van der Waals surface area contributed by atoms with E-state index in [4.69, 9.17) is 4.74 Å². The van der Waals surface area contributed by atoms with Gasteiger partial charge in [0.1, 0.15) is 5.75 Å². The summed E-state index contributed by atoms with van der Waals surface area (Å²) in [5.74, 6) is 1.58. The van der Waals surface area contributed by atoms with E-state index in [-0.39, 0.29) is 11.7 Å². The van der Waals surface area contributed by atoms with E-state index in [2.05, 4.69) is 15.5 Å². The molecule has 0 atom stereocenters. The van der Waals surface area contributed by atoms with Crippen molar-refractivity contribution in [1.29, 1.82) is 0 Å². The average Bonchev–Trinajstić information content (AvgIpc) is 3.23. The van der Waals surface area contributed by atoms with Gasteiger partial charge in [-0.3, -0.25) is 9.36 Å². The maximum Gasteiger partial charge on any atom is 0.234 e. The number of nitrogens with zero attached hydrogens (tertiary/aromatic N) is 3. The van der Waals surface area contributed by atoms with E-state index in [1.54, 1.807) is 31.4 Å². The van der Waals surface area contributed by atoms with Crippen molar-refractivity contribution < 1.29 is 9.53 Å². The third kappa shape index (κ3) is 4.52. The highest BCUT2D eigenvalue weighted by Gasteiger charge is 2.17. The first-order valence-corrected chi connectivity index (χ1v) is 10.4. The molecule has 0 fully saturated rings. The van der Waals surface area contributed by atoms with Crippen LogP contribution in [0.25, 0.3) is 17.1 Å². The Morgan fingerprint density at radius 2 is 1.60 bits per heavy atom. The van der Waals surface area contributed by atoms with Gasteiger partial charge in [0, 0.05) is 16.9 Å². The van der Waals surface area contributed by atoms with E-state index in [9.17, 15) is 4.79 Å². The SMILES string of the molecule is COc1ccc(NC(=O)CSc2nnc(-c3ccccc3)n2-c2ccccc2)cc1. The van der Waals surface area contributed by atoms with E-state index in [0.717, 1.165) is 28.5 Å². The third-order valence-electron chi connectivity index (χ3n) is 4.39. The zero-order valence-corrected chi connectivity index (χ0v) is 17.2. The molecule has 30 heavy (non-hydrogen) atoms. The molecule has 1 amide bonds. The molecule has 150 valence electrons. The van der Waals surface area contributed by atoms with Crippen molar-refractivity contribution in [2.45, 2.75) is 5.16 Å². The van der Waals surface area contributed by atoms with Crippen LogP contribution < -0.4 is 10.1 Å². The minimum absolute atomic E-state index is 0.117. The minimum atomic E-state index is -0.117. The van der Waals surface area contributed by atoms with Gasteiger partial charge in [-0.25, -0.2) is 0 Å². The number of thioether (sulfide) groups is 1. The van der Waals surface area contributed by atoms with E-state index in [1.807, 2.05) is 65.2 Å². The second-order valence-electron chi connectivity index (χ2n) is 6.41. The number of hydrogen-bond donors (Lipinski definition) is 1. The van der Waals surface area contributed by atoms with E-state index in [0.29, 0.717) is 5.16 Å². The molecule has 0 bridgehead atoms. The number of aromatic nitrogens is 3. The van der Waals surface area contributed by atoms with E-state index in [1.165, 1.54) is 11.8 Å². The molecule has 0 radical (unpaired) electrons. The van der Waals surface area contributed by atoms with Gasteiger partial charge in [0.2, 0.25) is 5.91 Å². The lowest BCUT2D eigenvalue weighted by Crippen LogP contribution is -2.14. The smallest absolute Gasteiger partial charge is 0.234 e. The molecule has 0 spiro atoms. The highest BCUT2D eigenvalue weighted by molar-refractivity contribution is 7.99. The molecule has 6 nitrogen and oxygen atoms in total. The van der Waals surface area contributed by atoms with Crippen molar-refractivity contribution in [3.8, 4) is 22.8 Å². The fourth-order valence-corrected chi connectivity index (χ4v) is 3.70. The maximum absolute atomic E-state index is 12.4. The standard InChI is InChI=1S/C23H20N4O2S/c1-29-20-14-12-18(13-15-20)24-21(28)16-30-23-26-25-22(17-8-4-2-5-9-17)27(23)19-10-6-3-7-11-19/h2-15H,16H2,1H3,(H,24,28). The summed E-state index contributed by atoms with van der Waals surface area (Å²) in [6.45, 7) is 0. The van der Waals surface area contributed by atoms with Crippen molar-refractivity contribution in [2.75, 3.05) is 18.2 Å². The summed E-state index contributed by atoms with van der Waals surface area (Å²) in [6.07, 6.45) is 0. The van der Waals surface area contributed by atoms with Crippen LogP contribution in [0.2, 0.25) is 0 Å². The van der Waals surface area contributed by atoms with Crippen LogP contribution in [-0.4, -0.2) is 33.5 Å². The monoisotopic (exact) mass is 416 g/mol. The lowest BCUT2D eigenvalue weighted by atomic mass is 10.2. The minimum Gasteiger partial charge on any atom is -0.497 e. The van der Waals surface area contributed by atoms with Gasteiger partial charge in [-0.2, -0.15) is 0 Å². The summed E-state index contributed by atoms with van der Waals surface area (Å²) in [5, 5.41) is 12.3. The Balaban J connectivity index is 1.54. The van der Waals surface area contributed by atoms with Crippen molar-refractivity contribution in [2.24, 2.45) is 0 Å². The number of amides is 1. The van der Waals surface area contributed by atoms with Crippen molar-refractivity contribution >= 4 is 23.4 Å². The number of nitrogens with one attached hydrogen (secondary N) is 1. The van der Waals surface area contributed by atoms with Crippen LogP contribution in [0.4, 0.5) is 5.69 Å². The van der Waals surface area contributed by atoms with Crippen molar-refractivity contribution in [3.05, 3.63) is 84.9 Å². The van der Waals surface area contributed by atoms with Crippen LogP contribution in [0.15, 0.2) is 90.1 Å². The highest BCUT2D eigenvalue weighted by Crippen LogP contribution is 2.28. The molecule has 0 aliphatic heterocycles. The van der Waals surface area contributed by atoms with Crippen LogP contribution >= 0.6 is 11.8 Å². The Morgan fingerprint density at radius 3 is 2.27 bits per heavy atom. The molecule has 1 heterocycles. The van der Waals surface area contributed by atoms with Gasteiger partial charge in [-0.15, -0.1) is 10.2 Å². The van der Waals surface area contributed by atoms with Crippen LogP contribution in [0.3, 0.4) is 0 Å². The van der Waals surface area contributed by atoms with Gasteiger partial charge >= 0.3 is 0 Å². The summed E-state index contributed by atoms with van der Waals surface area (Å²) in [6, 6.07) is 27.0. The fraction of sp³-hybridized carbons (Fsp3) is 0.0870. The fourth-order valence-electron chi connectivity index (χ4n) is 2.95. The molecule has 1 N–H and O–H groups in total. The lowest BCUT2D eigenvalue weighted by Gasteiger charge is -2.10. The zero-order chi connectivity index (χ0) is 20.8. The quantitative estimate of drug-likeness (QED) is 0.443. The largest absolute Gasteiger partial charge is 0.497 e. The van der Waals surface area contributed by atoms with Crippen molar-refractivity contribution in [3.63, 3.8) is 0 Å². The molecule has 3 aromatic carbocycles. The number of rotatable bonds is 7. The first kappa shape index (κ1) is 19.7. The average molecular weight is 417 g/mol. The van der Waals surface area contributed by atoms with Gasteiger partial charge in [0.25, 0.3) is 0 Å². The number of methoxy groups -OCH3 is 1. The summed E-state index contributed by atoms with van der Waals surface area (Å²) in [7, 11) is 1.61. The van der Waals surface area contributed by atoms with Gasteiger partial charge < -0.3 is 10.1 Å². The predicted octanol–water partition coefficient (Wildman–Crippen LogP) is 4.67. The number of para-hydroxylation sites is 1. The molecule has 7 heteroatoms. The molecule has 0 aliphatic rings. The molecule has 4 rings (SSSR count). The molecule has 1 aromatic heterocycles. The molecular weight excluding hydrogens is 396 g/mol. The topological polar surface area (TPSA) is 69.0 Å². The first-order chi connectivity index (χ1) is 14.7. The molecule has 4 aromatic rings. The highest BCUT2D eigenvalue weighted by atomic mass is 32.2. The Bertz CT molecular complexity index is 1110. The summed E-state index contributed by atoms with van der Waals surface area (Å²) >= 11 is 1.35. The number of hydrogen-bond acceptors (Lipinski definition) is 5. The van der Waals surface area contributed by atoms with Crippen LogP contribution in [0.5, 0.6) is 5.75 Å². The maximum atomic E-state index is 12.4. The Hall–Kier alpha value is -3.58. The Morgan fingerprint density at radius 1 is 0.933 bits per heavy atom. The summed E-state index contributed by atoms with van der Waals surface area (Å²) < 4.78 is 7.11. The van der Waals surface area contributed by atoms with E-state index < -0.39 is 0 Å². The number of anilines is 1. The molecule has 0 aliphatic carbocycles. The summed E-state index contributed by atoms with van der Waals surface area (Å²) in [5.41, 5.74) is 2.62. The predicted molar refractivity (Wildman–Crippen MR) is 119 cm³/mol. The van der Waals surface area contributed by atoms with Crippen molar-refractivity contribution in [1.82, 2.24) is 14.8 Å².